The maximum Gasteiger partial charge on any atom is 0.254 e. The normalized spacial score (nSPS) is 11.3. The van der Waals surface area contributed by atoms with Crippen molar-refractivity contribution in [2.45, 2.75) is 6.42 Å². The number of hydrogen-bond donors (Lipinski definition) is 2. The van der Waals surface area contributed by atoms with E-state index in [0.717, 1.165) is 11.8 Å². The third kappa shape index (κ3) is 4.20. The van der Waals surface area contributed by atoms with Gasteiger partial charge in [-0.15, -0.1) is 0 Å². The molecule has 104 valence electrons. The first kappa shape index (κ1) is 15.4. The molecule has 1 rings (SSSR count). The van der Waals surface area contributed by atoms with E-state index in [1.165, 1.54) is 13.1 Å². The summed E-state index contributed by atoms with van der Waals surface area (Å²) >= 11 is 0. The summed E-state index contributed by atoms with van der Waals surface area (Å²) in [6.45, 7) is 3.52. The summed E-state index contributed by atoms with van der Waals surface area (Å²) in [7, 11) is 1.54. The van der Waals surface area contributed by atoms with Crippen LogP contribution in [0.1, 0.15) is 15.9 Å². The smallest absolute Gasteiger partial charge is 0.254 e. The Morgan fingerprint density at radius 1 is 1.55 bits per heavy atom. The topological polar surface area (TPSA) is 85.1 Å². The molecule has 3 N–H and O–H groups in total. The lowest BCUT2D eigenvalue weighted by molar-refractivity contribution is -0.104. The Bertz CT molecular complexity index is 564. The van der Waals surface area contributed by atoms with Gasteiger partial charge in [0.05, 0.1) is 5.56 Å². The number of nitrogen functional groups attached to an aromatic ring is 1. The van der Waals surface area contributed by atoms with E-state index in [2.05, 4.69) is 16.9 Å². The molecule has 1 aromatic heterocycles. The van der Waals surface area contributed by atoms with Gasteiger partial charge >= 0.3 is 0 Å². The van der Waals surface area contributed by atoms with Crippen molar-refractivity contribution < 1.29 is 9.59 Å². The molecule has 0 aliphatic carbocycles. The van der Waals surface area contributed by atoms with E-state index in [-0.39, 0.29) is 11.7 Å². The number of amides is 1. The van der Waals surface area contributed by atoms with Gasteiger partial charge in [-0.25, -0.2) is 4.98 Å². The maximum atomic E-state index is 11.6. The van der Waals surface area contributed by atoms with Crippen LogP contribution in [0.3, 0.4) is 0 Å². The van der Waals surface area contributed by atoms with E-state index in [1.807, 2.05) is 6.08 Å². The number of nitrogens with one attached hydrogen (secondary N) is 1. The average molecular weight is 271 g/mol. The van der Waals surface area contributed by atoms with Crippen molar-refractivity contribution in [2.24, 2.45) is 0 Å². The zero-order valence-electron chi connectivity index (χ0n) is 11.3. The molecule has 1 aromatic rings. The van der Waals surface area contributed by atoms with E-state index in [9.17, 15) is 9.59 Å². The van der Waals surface area contributed by atoms with Crippen LogP contribution < -0.4 is 11.1 Å². The fraction of sp³-hybridized carbons (Fsp3) is 0.133. The van der Waals surface area contributed by atoms with Gasteiger partial charge in [0.2, 0.25) is 0 Å². The van der Waals surface area contributed by atoms with Crippen molar-refractivity contribution in [3.63, 3.8) is 0 Å². The minimum absolute atomic E-state index is 0.201. The molecule has 0 bridgehead atoms. The Hall–Kier alpha value is -2.69. The van der Waals surface area contributed by atoms with Gasteiger partial charge in [0.1, 0.15) is 12.1 Å². The molecule has 5 heteroatoms. The summed E-state index contributed by atoms with van der Waals surface area (Å²) < 4.78 is 0. The zero-order chi connectivity index (χ0) is 15.0. The van der Waals surface area contributed by atoms with Gasteiger partial charge in [-0.1, -0.05) is 30.9 Å². The molecule has 0 fully saturated rings. The first-order chi connectivity index (χ1) is 9.62. The predicted octanol–water partition coefficient (Wildman–Crippen LogP) is 1.43. The minimum atomic E-state index is -0.268. The molecule has 0 saturated heterocycles. The summed E-state index contributed by atoms with van der Waals surface area (Å²) in [6.07, 6.45) is 9.66. The molecule has 1 amide bonds. The lowest BCUT2D eigenvalue weighted by Crippen LogP contribution is -2.20. The maximum absolute atomic E-state index is 11.6. The summed E-state index contributed by atoms with van der Waals surface area (Å²) in [4.78, 5) is 26.1. The van der Waals surface area contributed by atoms with Crippen molar-refractivity contribution in [3.8, 4) is 0 Å². The quantitative estimate of drug-likeness (QED) is 0.465. The van der Waals surface area contributed by atoms with E-state index in [1.54, 1.807) is 24.4 Å². The van der Waals surface area contributed by atoms with E-state index < -0.39 is 0 Å². The number of allylic oxidation sites excluding steroid dienone is 5. The molecule has 5 nitrogen and oxygen atoms in total. The summed E-state index contributed by atoms with van der Waals surface area (Å²) in [5, 5.41) is 2.51. The summed E-state index contributed by atoms with van der Waals surface area (Å²) in [6, 6.07) is 1.70. The van der Waals surface area contributed by atoms with Crippen molar-refractivity contribution in [3.05, 3.63) is 59.8 Å². The van der Waals surface area contributed by atoms with Crippen molar-refractivity contribution >= 4 is 18.0 Å². The zero-order valence-corrected chi connectivity index (χ0v) is 11.3. The van der Waals surface area contributed by atoms with E-state index in [0.29, 0.717) is 17.6 Å². The minimum Gasteiger partial charge on any atom is -0.383 e. The predicted molar refractivity (Wildman–Crippen MR) is 79.2 cm³/mol. The number of rotatable bonds is 6. The average Bonchev–Trinajstić information content (AvgIpc) is 2.48. The van der Waals surface area contributed by atoms with Crippen molar-refractivity contribution in [1.82, 2.24) is 10.3 Å². The number of pyridine rings is 1. The van der Waals surface area contributed by atoms with Crippen LogP contribution in [0.2, 0.25) is 0 Å². The number of carbonyl (C=O) groups excluding carboxylic acids is 2. The van der Waals surface area contributed by atoms with Crippen LogP contribution in [0.5, 0.6) is 0 Å². The molecule has 0 unspecified atom stereocenters. The van der Waals surface area contributed by atoms with Gasteiger partial charge in [0.25, 0.3) is 5.91 Å². The highest BCUT2D eigenvalue weighted by molar-refractivity contribution is 5.98. The molecule has 20 heavy (non-hydrogen) atoms. The molecule has 0 spiro atoms. The Morgan fingerprint density at radius 2 is 2.30 bits per heavy atom. The number of nitrogens with two attached hydrogens (primary N) is 1. The molecule has 0 saturated carbocycles. The highest BCUT2D eigenvalue weighted by Crippen LogP contribution is 2.11. The fourth-order valence-electron chi connectivity index (χ4n) is 1.49. The Morgan fingerprint density at radius 3 is 2.90 bits per heavy atom. The van der Waals surface area contributed by atoms with Crippen LogP contribution in [0.25, 0.3) is 0 Å². The van der Waals surface area contributed by atoms with Crippen LogP contribution in [0, 0.1) is 0 Å². The Balaban J connectivity index is 2.81. The van der Waals surface area contributed by atoms with Crippen LogP contribution in [-0.4, -0.2) is 24.2 Å². The monoisotopic (exact) mass is 271 g/mol. The molecular formula is C15H17N3O2. The van der Waals surface area contributed by atoms with Gasteiger partial charge in [0.15, 0.2) is 0 Å². The van der Waals surface area contributed by atoms with E-state index >= 15 is 0 Å². The highest BCUT2D eigenvalue weighted by Gasteiger charge is 2.09. The van der Waals surface area contributed by atoms with Gasteiger partial charge in [-0.05, 0) is 18.1 Å². The SMILES string of the molecule is C=C/C(C=O)=C\C=C/Cc1cnc(N)c(C(=O)NC)c1. The Labute approximate surface area is 117 Å². The first-order valence-electron chi connectivity index (χ1n) is 6.03. The summed E-state index contributed by atoms with van der Waals surface area (Å²) in [5.41, 5.74) is 7.36. The molecule has 0 aromatic carbocycles. The first-order valence-corrected chi connectivity index (χ1v) is 6.03. The fourth-order valence-corrected chi connectivity index (χ4v) is 1.49. The molecule has 0 atom stereocenters. The standard InChI is InChI=1S/C15H17N3O2/c1-3-11(10-19)6-4-5-7-12-8-13(15(20)17-2)14(16)18-9-12/h3-6,8-10H,1,7H2,2H3,(H2,16,18)(H,17,20)/b5-4-,11-6+. The lowest BCUT2D eigenvalue weighted by atomic mass is 10.1. The molecular weight excluding hydrogens is 254 g/mol. The van der Waals surface area contributed by atoms with Crippen LogP contribution in [-0.2, 0) is 11.2 Å². The number of aromatic nitrogens is 1. The second kappa shape index (κ2) is 7.68. The molecule has 1 heterocycles. The molecule has 0 aliphatic rings. The van der Waals surface area contributed by atoms with Gasteiger partial charge in [-0.2, -0.15) is 0 Å². The largest absolute Gasteiger partial charge is 0.383 e. The van der Waals surface area contributed by atoms with Crippen LogP contribution in [0.15, 0.2) is 48.7 Å². The van der Waals surface area contributed by atoms with Gasteiger partial charge in [-0.3, -0.25) is 9.59 Å². The van der Waals surface area contributed by atoms with Crippen molar-refractivity contribution in [2.75, 3.05) is 12.8 Å². The number of hydrogen-bond acceptors (Lipinski definition) is 4. The number of nitrogens with zero attached hydrogens (tertiary/aromatic N) is 1. The number of carbonyl (C=O) groups is 2. The second-order valence-electron chi connectivity index (χ2n) is 3.98. The van der Waals surface area contributed by atoms with Gasteiger partial charge < -0.3 is 11.1 Å². The Kier molecular flexibility index (Phi) is 5.90. The molecule has 0 radical (unpaired) electrons. The van der Waals surface area contributed by atoms with Gasteiger partial charge in [0, 0.05) is 18.8 Å². The lowest BCUT2D eigenvalue weighted by Gasteiger charge is -2.05. The van der Waals surface area contributed by atoms with Crippen molar-refractivity contribution in [1.29, 1.82) is 0 Å². The number of anilines is 1. The summed E-state index contributed by atoms with van der Waals surface area (Å²) in [5.74, 6) is -0.0671. The third-order valence-electron chi connectivity index (χ3n) is 2.60. The third-order valence-corrected chi connectivity index (χ3v) is 2.60. The highest BCUT2D eigenvalue weighted by atomic mass is 16.1. The van der Waals surface area contributed by atoms with E-state index in [4.69, 9.17) is 5.73 Å². The number of aldehydes is 1. The van der Waals surface area contributed by atoms with Crippen LogP contribution in [0.4, 0.5) is 5.82 Å². The van der Waals surface area contributed by atoms with Crippen LogP contribution >= 0.6 is 0 Å². The molecule has 0 aliphatic heterocycles. The second-order valence-corrected chi connectivity index (χ2v) is 3.98.